The largest absolute Gasteiger partial charge is 0.349 e. The Hall–Kier alpha value is -2.41. The van der Waals surface area contributed by atoms with Crippen LogP contribution in [-0.4, -0.2) is 26.6 Å². The third-order valence-electron chi connectivity index (χ3n) is 5.03. The number of halogens is 1. The predicted octanol–water partition coefficient (Wildman–Crippen LogP) is 3.85. The molecule has 0 atom stereocenters. The van der Waals surface area contributed by atoms with Crippen LogP contribution in [0.5, 0.6) is 0 Å². The summed E-state index contributed by atoms with van der Waals surface area (Å²) in [4.78, 5) is 12.4. The van der Waals surface area contributed by atoms with Crippen molar-refractivity contribution in [3.8, 4) is 0 Å². The molecule has 0 spiro atoms. The van der Waals surface area contributed by atoms with Crippen molar-refractivity contribution in [3.05, 3.63) is 65.5 Å². The summed E-state index contributed by atoms with van der Waals surface area (Å²) in [5, 5.41) is 3.04. The molecule has 1 aliphatic carbocycles. The van der Waals surface area contributed by atoms with Gasteiger partial charge in [0.2, 0.25) is 10.0 Å². The van der Waals surface area contributed by atoms with Crippen molar-refractivity contribution in [2.75, 3.05) is 10.6 Å². The summed E-state index contributed by atoms with van der Waals surface area (Å²) >= 11 is 0. The van der Waals surface area contributed by atoms with Crippen LogP contribution in [0.15, 0.2) is 48.5 Å². The van der Waals surface area contributed by atoms with Crippen LogP contribution >= 0.6 is 0 Å². The van der Waals surface area contributed by atoms with Crippen LogP contribution in [0, 0.1) is 5.82 Å². The first kappa shape index (κ1) is 20.3. The van der Waals surface area contributed by atoms with Gasteiger partial charge < -0.3 is 5.32 Å². The number of benzene rings is 2. The highest BCUT2D eigenvalue weighted by Gasteiger charge is 2.21. The van der Waals surface area contributed by atoms with E-state index in [4.69, 9.17) is 0 Å². The fourth-order valence-electron chi connectivity index (χ4n) is 3.48. The van der Waals surface area contributed by atoms with E-state index in [1.165, 1.54) is 12.5 Å². The summed E-state index contributed by atoms with van der Waals surface area (Å²) in [5.74, 6) is -0.613. The number of rotatable bonds is 6. The molecule has 2 aromatic carbocycles. The Balaban J connectivity index is 1.76. The van der Waals surface area contributed by atoms with E-state index in [1.807, 2.05) is 0 Å². The van der Waals surface area contributed by atoms with Crippen LogP contribution in [0.25, 0.3) is 0 Å². The molecular formula is C21H25FN2O3S. The van der Waals surface area contributed by atoms with E-state index in [1.54, 1.807) is 42.5 Å². The van der Waals surface area contributed by atoms with Crippen molar-refractivity contribution >= 4 is 21.6 Å². The quantitative estimate of drug-likeness (QED) is 0.795. The van der Waals surface area contributed by atoms with Crippen molar-refractivity contribution in [2.24, 2.45) is 0 Å². The molecule has 1 aliphatic rings. The number of carbonyl (C=O) groups excluding carboxylic acids is 1. The van der Waals surface area contributed by atoms with Crippen molar-refractivity contribution < 1.29 is 17.6 Å². The van der Waals surface area contributed by atoms with Gasteiger partial charge in [-0.15, -0.1) is 0 Å². The number of anilines is 1. The highest BCUT2D eigenvalue weighted by molar-refractivity contribution is 7.92. The second-order valence-electron chi connectivity index (χ2n) is 7.22. The Kier molecular flexibility index (Phi) is 6.34. The van der Waals surface area contributed by atoms with Gasteiger partial charge in [0.1, 0.15) is 5.82 Å². The van der Waals surface area contributed by atoms with Gasteiger partial charge in [-0.05, 0) is 43.2 Å². The molecule has 0 radical (unpaired) electrons. The average molecular weight is 405 g/mol. The fourth-order valence-corrected chi connectivity index (χ4v) is 4.35. The van der Waals surface area contributed by atoms with Gasteiger partial charge in [-0.1, -0.05) is 37.5 Å². The van der Waals surface area contributed by atoms with Gasteiger partial charge in [0.05, 0.1) is 18.5 Å². The maximum Gasteiger partial charge on any atom is 0.251 e. The first-order valence-corrected chi connectivity index (χ1v) is 11.3. The molecule has 1 amide bonds. The van der Waals surface area contributed by atoms with Gasteiger partial charge in [-0.25, -0.2) is 12.8 Å². The maximum atomic E-state index is 14.0. The fraction of sp³-hybridized carbons (Fsp3) is 0.381. The monoisotopic (exact) mass is 404 g/mol. The van der Waals surface area contributed by atoms with Crippen molar-refractivity contribution in [1.29, 1.82) is 0 Å². The second-order valence-corrected chi connectivity index (χ2v) is 9.12. The summed E-state index contributed by atoms with van der Waals surface area (Å²) in [7, 11) is -3.62. The Labute approximate surface area is 165 Å². The van der Waals surface area contributed by atoms with E-state index in [0.717, 1.165) is 36.2 Å². The molecular weight excluding hydrogens is 379 g/mol. The van der Waals surface area contributed by atoms with Gasteiger partial charge in [0.15, 0.2) is 0 Å². The van der Waals surface area contributed by atoms with Crippen LogP contribution < -0.4 is 9.62 Å². The second kappa shape index (κ2) is 8.73. The SMILES string of the molecule is CS(=O)(=O)N(Cc1ccccc1F)c1ccc(C(=O)NC2CCCCC2)cc1. The normalized spacial score (nSPS) is 15.2. The Morgan fingerprint density at radius 1 is 1.07 bits per heavy atom. The molecule has 1 N–H and O–H groups in total. The number of nitrogens with zero attached hydrogens (tertiary/aromatic N) is 1. The number of amides is 1. The first-order chi connectivity index (χ1) is 13.3. The van der Waals surface area contributed by atoms with Crippen molar-refractivity contribution in [3.63, 3.8) is 0 Å². The standard InChI is InChI=1S/C21H25FN2O3S/c1-28(26,27)24(15-17-7-5-6-10-20(17)22)19-13-11-16(12-14-19)21(25)23-18-8-3-2-4-9-18/h5-7,10-14,18H,2-4,8-9,15H2,1H3,(H,23,25). The van der Waals surface area contributed by atoms with Gasteiger partial charge in [-0.3, -0.25) is 9.10 Å². The van der Waals surface area contributed by atoms with E-state index >= 15 is 0 Å². The van der Waals surface area contributed by atoms with Gasteiger partial charge in [0, 0.05) is 17.2 Å². The molecule has 28 heavy (non-hydrogen) atoms. The van der Waals surface area contributed by atoms with Crippen molar-refractivity contribution in [2.45, 2.75) is 44.7 Å². The minimum absolute atomic E-state index is 0.112. The Morgan fingerprint density at radius 2 is 1.71 bits per heavy atom. The van der Waals surface area contributed by atoms with E-state index in [-0.39, 0.29) is 24.1 Å². The average Bonchev–Trinajstić information content (AvgIpc) is 2.67. The lowest BCUT2D eigenvalue weighted by Crippen LogP contribution is -2.36. The molecule has 0 aromatic heterocycles. The summed E-state index contributed by atoms with van der Waals surface area (Å²) in [6.07, 6.45) is 6.54. The third-order valence-corrected chi connectivity index (χ3v) is 6.17. The summed E-state index contributed by atoms with van der Waals surface area (Å²) < 4.78 is 39.6. The Morgan fingerprint density at radius 3 is 2.32 bits per heavy atom. The van der Waals surface area contributed by atoms with Crippen LogP contribution in [0.4, 0.5) is 10.1 Å². The molecule has 0 saturated heterocycles. The molecule has 0 heterocycles. The number of nitrogens with one attached hydrogen (secondary N) is 1. The molecule has 7 heteroatoms. The van der Waals surface area contributed by atoms with E-state index < -0.39 is 15.8 Å². The molecule has 0 bridgehead atoms. The molecule has 0 aliphatic heterocycles. The minimum atomic E-state index is -3.62. The van der Waals surface area contributed by atoms with Gasteiger partial charge in [-0.2, -0.15) is 0 Å². The third kappa shape index (κ3) is 5.10. The summed E-state index contributed by atoms with van der Waals surface area (Å²) in [6.45, 7) is -0.112. The molecule has 3 rings (SSSR count). The Bertz CT molecular complexity index is 923. The zero-order valence-corrected chi connectivity index (χ0v) is 16.7. The van der Waals surface area contributed by atoms with Crippen LogP contribution in [0.1, 0.15) is 48.0 Å². The summed E-state index contributed by atoms with van der Waals surface area (Å²) in [6, 6.07) is 12.7. The van der Waals surface area contributed by atoms with Crippen molar-refractivity contribution in [1.82, 2.24) is 5.32 Å². The zero-order chi connectivity index (χ0) is 20.1. The first-order valence-electron chi connectivity index (χ1n) is 9.46. The molecule has 150 valence electrons. The molecule has 1 saturated carbocycles. The number of sulfonamides is 1. The zero-order valence-electron chi connectivity index (χ0n) is 15.9. The lowest BCUT2D eigenvalue weighted by atomic mass is 9.95. The molecule has 2 aromatic rings. The van der Waals surface area contributed by atoms with E-state index in [2.05, 4.69) is 5.32 Å². The van der Waals surface area contributed by atoms with Crippen LogP contribution in [0.3, 0.4) is 0 Å². The molecule has 1 fully saturated rings. The maximum absolute atomic E-state index is 14.0. The predicted molar refractivity (Wildman–Crippen MR) is 108 cm³/mol. The number of hydrogen-bond donors (Lipinski definition) is 1. The van der Waals surface area contributed by atoms with E-state index in [0.29, 0.717) is 11.3 Å². The van der Waals surface area contributed by atoms with Gasteiger partial charge in [0.25, 0.3) is 5.91 Å². The van der Waals surface area contributed by atoms with Crippen LogP contribution in [0.2, 0.25) is 0 Å². The molecule has 5 nitrogen and oxygen atoms in total. The lowest BCUT2D eigenvalue weighted by Gasteiger charge is -2.24. The highest BCUT2D eigenvalue weighted by atomic mass is 32.2. The number of carbonyl (C=O) groups is 1. The number of hydrogen-bond acceptors (Lipinski definition) is 3. The topological polar surface area (TPSA) is 66.5 Å². The highest BCUT2D eigenvalue weighted by Crippen LogP contribution is 2.23. The van der Waals surface area contributed by atoms with Crippen LogP contribution in [-0.2, 0) is 16.6 Å². The summed E-state index contributed by atoms with van der Waals surface area (Å²) in [5.41, 5.74) is 1.15. The van der Waals surface area contributed by atoms with Gasteiger partial charge >= 0.3 is 0 Å². The molecule has 0 unspecified atom stereocenters. The lowest BCUT2D eigenvalue weighted by molar-refractivity contribution is 0.0927. The van der Waals surface area contributed by atoms with E-state index in [9.17, 15) is 17.6 Å². The smallest absolute Gasteiger partial charge is 0.251 e. The minimum Gasteiger partial charge on any atom is -0.349 e.